The van der Waals surface area contributed by atoms with Crippen LogP contribution in [0.25, 0.3) is 0 Å². The van der Waals surface area contributed by atoms with Crippen molar-refractivity contribution in [3.8, 4) is 0 Å². The standard InChI is InChI=1S/C13H16FNOS/c1-2-15-11(8-14)13(16)10-4-3-9-5-6-17-12(9)7-10/h3-4,7,11,15H,2,5-6,8H2,1H3. The van der Waals surface area contributed by atoms with Crippen molar-refractivity contribution >= 4 is 17.5 Å². The first kappa shape index (κ1) is 12.6. The number of hydrogen-bond donors (Lipinski definition) is 1. The molecule has 1 unspecified atom stereocenters. The van der Waals surface area contributed by atoms with Gasteiger partial charge >= 0.3 is 0 Å². The molecule has 1 aromatic rings. The van der Waals surface area contributed by atoms with Gasteiger partial charge in [-0.15, -0.1) is 11.8 Å². The molecule has 1 aromatic carbocycles. The quantitative estimate of drug-likeness (QED) is 0.817. The predicted molar refractivity (Wildman–Crippen MR) is 68.6 cm³/mol. The Morgan fingerprint density at radius 2 is 2.41 bits per heavy atom. The lowest BCUT2D eigenvalue weighted by Crippen LogP contribution is -2.38. The van der Waals surface area contributed by atoms with Crippen LogP contribution in [0, 0.1) is 0 Å². The lowest BCUT2D eigenvalue weighted by Gasteiger charge is -2.13. The Labute approximate surface area is 105 Å². The number of carbonyl (C=O) groups is 1. The topological polar surface area (TPSA) is 29.1 Å². The smallest absolute Gasteiger partial charge is 0.182 e. The molecule has 4 heteroatoms. The van der Waals surface area contributed by atoms with Crippen molar-refractivity contribution in [1.82, 2.24) is 5.32 Å². The summed E-state index contributed by atoms with van der Waals surface area (Å²) in [6.07, 6.45) is 1.06. The Kier molecular flexibility index (Phi) is 4.18. The van der Waals surface area contributed by atoms with Gasteiger partial charge in [-0.05, 0) is 24.6 Å². The van der Waals surface area contributed by atoms with Crippen LogP contribution in [-0.2, 0) is 6.42 Å². The van der Waals surface area contributed by atoms with E-state index in [1.54, 1.807) is 11.8 Å². The van der Waals surface area contributed by atoms with Gasteiger partial charge in [-0.2, -0.15) is 0 Å². The van der Waals surface area contributed by atoms with E-state index in [1.807, 2.05) is 25.1 Å². The molecule has 0 aromatic heterocycles. The van der Waals surface area contributed by atoms with E-state index in [1.165, 1.54) is 10.5 Å². The van der Waals surface area contributed by atoms with Gasteiger partial charge in [0.15, 0.2) is 5.78 Å². The van der Waals surface area contributed by atoms with Gasteiger partial charge in [0.25, 0.3) is 0 Å². The van der Waals surface area contributed by atoms with Crippen LogP contribution in [0.2, 0.25) is 0 Å². The van der Waals surface area contributed by atoms with Crippen LogP contribution in [0.15, 0.2) is 23.1 Å². The number of aryl methyl sites for hydroxylation is 1. The fourth-order valence-electron chi connectivity index (χ4n) is 1.98. The highest BCUT2D eigenvalue weighted by atomic mass is 32.2. The second-order valence-corrected chi connectivity index (χ2v) is 5.19. The maximum Gasteiger partial charge on any atom is 0.182 e. The Morgan fingerprint density at radius 3 is 3.12 bits per heavy atom. The van der Waals surface area contributed by atoms with Gasteiger partial charge in [-0.3, -0.25) is 4.79 Å². The molecule has 0 aliphatic carbocycles. The second-order valence-electron chi connectivity index (χ2n) is 4.05. The molecule has 92 valence electrons. The molecule has 1 aliphatic rings. The molecule has 1 aliphatic heterocycles. The zero-order valence-electron chi connectivity index (χ0n) is 9.83. The molecule has 0 spiro atoms. The van der Waals surface area contributed by atoms with Gasteiger partial charge in [-0.25, -0.2) is 4.39 Å². The van der Waals surface area contributed by atoms with E-state index < -0.39 is 12.7 Å². The summed E-state index contributed by atoms with van der Waals surface area (Å²) in [5.41, 5.74) is 1.91. The number of halogens is 1. The molecule has 0 saturated heterocycles. The van der Waals surface area contributed by atoms with Crippen molar-refractivity contribution < 1.29 is 9.18 Å². The van der Waals surface area contributed by atoms with E-state index >= 15 is 0 Å². The summed E-state index contributed by atoms with van der Waals surface area (Å²) in [5, 5.41) is 2.87. The van der Waals surface area contributed by atoms with Gasteiger partial charge in [0.2, 0.25) is 0 Å². The van der Waals surface area contributed by atoms with Crippen molar-refractivity contribution in [2.75, 3.05) is 19.0 Å². The average Bonchev–Trinajstić information content (AvgIpc) is 2.82. The molecule has 2 rings (SSSR count). The van der Waals surface area contributed by atoms with Crippen LogP contribution in [0.1, 0.15) is 22.8 Å². The molecular formula is C13H16FNOS. The third-order valence-electron chi connectivity index (χ3n) is 2.90. The molecule has 0 fully saturated rings. The summed E-state index contributed by atoms with van der Waals surface area (Å²) >= 11 is 1.77. The summed E-state index contributed by atoms with van der Waals surface area (Å²) in [7, 11) is 0. The van der Waals surface area contributed by atoms with Crippen LogP contribution in [-0.4, -0.2) is 30.8 Å². The molecule has 0 bridgehead atoms. The highest BCUT2D eigenvalue weighted by Gasteiger charge is 2.21. The zero-order chi connectivity index (χ0) is 12.3. The number of benzene rings is 1. The minimum Gasteiger partial charge on any atom is -0.305 e. The number of alkyl halides is 1. The Morgan fingerprint density at radius 1 is 1.59 bits per heavy atom. The normalized spacial score (nSPS) is 15.6. The summed E-state index contributed by atoms with van der Waals surface area (Å²) in [6.45, 7) is 1.81. The third kappa shape index (κ3) is 2.69. The van der Waals surface area contributed by atoms with Crippen molar-refractivity contribution in [3.05, 3.63) is 29.3 Å². The Balaban J connectivity index is 2.19. The first-order valence-electron chi connectivity index (χ1n) is 5.85. The summed E-state index contributed by atoms with van der Waals surface area (Å²) in [4.78, 5) is 13.2. The van der Waals surface area contributed by atoms with Crippen LogP contribution in [0.5, 0.6) is 0 Å². The number of nitrogens with one attached hydrogen (secondary N) is 1. The van der Waals surface area contributed by atoms with Gasteiger partial charge in [0, 0.05) is 16.2 Å². The third-order valence-corrected chi connectivity index (χ3v) is 4.00. The largest absolute Gasteiger partial charge is 0.305 e. The fraction of sp³-hybridized carbons (Fsp3) is 0.462. The predicted octanol–water partition coefficient (Wildman–Crippen LogP) is 2.47. The van der Waals surface area contributed by atoms with Crippen molar-refractivity contribution in [1.29, 1.82) is 0 Å². The van der Waals surface area contributed by atoms with Gasteiger partial charge in [0.05, 0.1) is 6.04 Å². The van der Waals surface area contributed by atoms with Crippen molar-refractivity contribution in [2.45, 2.75) is 24.3 Å². The average molecular weight is 253 g/mol. The number of Topliss-reactive ketones (excluding diaryl/α,β-unsaturated/α-hetero) is 1. The molecule has 0 amide bonds. The Hall–Kier alpha value is -0.870. The van der Waals surface area contributed by atoms with E-state index in [4.69, 9.17) is 0 Å². The number of carbonyl (C=O) groups excluding carboxylic acids is 1. The molecule has 1 N–H and O–H groups in total. The molecule has 2 nitrogen and oxygen atoms in total. The molecule has 17 heavy (non-hydrogen) atoms. The Bertz CT molecular complexity index is 422. The second kappa shape index (κ2) is 5.65. The number of hydrogen-bond acceptors (Lipinski definition) is 3. The fourth-order valence-corrected chi connectivity index (χ4v) is 3.09. The number of ketones is 1. The summed E-state index contributed by atoms with van der Waals surface area (Å²) < 4.78 is 12.8. The number of likely N-dealkylation sites (N-methyl/N-ethyl adjacent to an activating group) is 1. The van der Waals surface area contributed by atoms with Crippen molar-refractivity contribution in [3.63, 3.8) is 0 Å². The highest BCUT2D eigenvalue weighted by Crippen LogP contribution is 2.32. The number of fused-ring (bicyclic) bond motifs is 1. The lowest BCUT2D eigenvalue weighted by atomic mass is 10.0. The SMILES string of the molecule is CCNC(CF)C(=O)c1ccc2c(c1)SCC2. The minimum atomic E-state index is -0.704. The molecule has 0 saturated carbocycles. The first-order chi connectivity index (χ1) is 8.26. The van der Waals surface area contributed by atoms with E-state index in [-0.39, 0.29) is 5.78 Å². The summed E-state index contributed by atoms with van der Waals surface area (Å²) in [6, 6.07) is 5.00. The van der Waals surface area contributed by atoms with Gasteiger partial charge in [0.1, 0.15) is 6.67 Å². The van der Waals surface area contributed by atoms with Gasteiger partial charge < -0.3 is 5.32 Å². The molecule has 0 radical (unpaired) electrons. The van der Waals surface area contributed by atoms with E-state index in [9.17, 15) is 9.18 Å². The van der Waals surface area contributed by atoms with Crippen LogP contribution < -0.4 is 5.32 Å². The van der Waals surface area contributed by atoms with Crippen LogP contribution in [0.4, 0.5) is 4.39 Å². The van der Waals surface area contributed by atoms with Crippen LogP contribution in [0.3, 0.4) is 0 Å². The highest BCUT2D eigenvalue weighted by molar-refractivity contribution is 7.99. The molecule has 1 atom stereocenters. The van der Waals surface area contributed by atoms with E-state index in [0.29, 0.717) is 12.1 Å². The summed E-state index contributed by atoms with van der Waals surface area (Å²) in [5.74, 6) is 0.928. The number of thioether (sulfide) groups is 1. The first-order valence-corrected chi connectivity index (χ1v) is 6.84. The maximum absolute atomic E-state index is 12.8. The van der Waals surface area contributed by atoms with Gasteiger partial charge in [-0.1, -0.05) is 19.1 Å². The van der Waals surface area contributed by atoms with Crippen molar-refractivity contribution in [2.24, 2.45) is 0 Å². The number of rotatable bonds is 5. The minimum absolute atomic E-state index is 0.148. The monoisotopic (exact) mass is 253 g/mol. The van der Waals surface area contributed by atoms with E-state index in [2.05, 4.69) is 5.32 Å². The van der Waals surface area contributed by atoms with E-state index in [0.717, 1.165) is 12.2 Å². The molecular weight excluding hydrogens is 237 g/mol. The molecule has 1 heterocycles. The zero-order valence-corrected chi connectivity index (χ0v) is 10.6. The van der Waals surface area contributed by atoms with Crippen LogP contribution >= 0.6 is 11.8 Å². The maximum atomic E-state index is 12.8. The lowest BCUT2D eigenvalue weighted by molar-refractivity contribution is 0.0928.